The van der Waals surface area contributed by atoms with Crippen LogP contribution in [-0.4, -0.2) is 48.3 Å². The number of amides is 3. The smallest absolute Gasteiger partial charge is 0.269 e. The van der Waals surface area contributed by atoms with Crippen LogP contribution in [0.4, 0.5) is 5.69 Å². The van der Waals surface area contributed by atoms with Crippen molar-refractivity contribution < 1.29 is 14.4 Å². The lowest BCUT2D eigenvalue weighted by Gasteiger charge is -2.23. The molecule has 0 unspecified atom stereocenters. The summed E-state index contributed by atoms with van der Waals surface area (Å²) in [6, 6.07) is 7.58. The van der Waals surface area contributed by atoms with E-state index in [1.54, 1.807) is 12.1 Å². The number of nitrogens with zero attached hydrogens (tertiary/aromatic N) is 2. The maximum atomic E-state index is 12.4. The van der Waals surface area contributed by atoms with Gasteiger partial charge in [0.1, 0.15) is 0 Å². The number of likely N-dealkylation sites (tertiary alicyclic amines) is 1. The number of carbonyl (C=O) groups is 3. The van der Waals surface area contributed by atoms with Gasteiger partial charge in [0.05, 0.1) is 5.92 Å². The van der Waals surface area contributed by atoms with Crippen molar-refractivity contribution in [1.82, 2.24) is 15.8 Å². The van der Waals surface area contributed by atoms with Crippen LogP contribution in [0.5, 0.6) is 0 Å². The van der Waals surface area contributed by atoms with Crippen LogP contribution in [-0.2, 0) is 9.59 Å². The lowest BCUT2D eigenvalue weighted by Crippen LogP contribution is -2.45. The Morgan fingerprint density at radius 1 is 1.07 bits per heavy atom. The molecular weight excluding hydrogens is 356 g/mol. The monoisotopic (exact) mass is 386 g/mol. The fraction of sp³-hybridized carbons (Fsp3) is 0.571. The van der Waals surface area contributed by atoms with E-state index in [4.69, 9.17) is 0 Å². The summed E-state index contributed by atoms with van der Waals surface area (Å²) in [6.45, 7) is 6.42. The second kappa shape index (κ2) is 9.08. The molecule has 3 amide bonds. The molecule has 1 saturated heterocycles. The Balaban J connectivity index is 1.50. The molecule has 1 aromatic rings. The summed E-state index contributed by atoms with van der Waals surface area (Å²) in [4.78, 5) is 41.0. The molecule has 7 nitrogen and oxygen atoms in total. The van der Waals surface area contributed by atoms with E-state index < -0.39 is 5.92 Å². The van der Waals surface area contributed by atoms with Crippen LogP contribution in [0.25, 0.3) is 0 Å². The first-order valence-corrected chi connectivity index (χ1v) is 10.3. The van der Waals surface area contributed by atoms with Crippen molar-refractivity contribution in [2.24, 2.45) is 5.92 Å². The second-order valence-corrected chi connectivity index (χ2v) is 7.55. The summed E-state index contributed by atoms with van der Waals surface area (Å²) in [5.74, 6) is -1.03. The molecule has 1 saturated carbocycles. The minimum Gasteiger partial charge on any atom is -0.372 e. The molecule has 0 radical (unpaired) electrons. The molecule has 0 spiro atoms. The Morgan fingerprint density at radius 2 is 1.71 bits per heavy atom. The van der Waals surface area contributed by atoms with Crippen molar-refractivity contribution in [3.8, 4) is 0 Å². The number of hydrogen-bond acceptors (Lipinski definition) is 4. The molecule has 1 aliphatic heterocycles. The van der Waals surface area contributed by atoms with E-state index in [0.717, 1.165) is 44.5 Å². The van der Waals surface area contributed by atoms with Crippen molar-refractivity contribution in [2.45, 2.75) is 52.0 Å². The van der Waals surface area contributed by atoms with Crippen molar-refractivity contribution in [1.29, 1.82) is 0 Å². The molecule has 28 heavy (non-hydrogen) atoms. The molecule has 2 N–H and O–H groups in total. The van der Waals surface area contributed by atoms with Crippen LogP contribution in [0.3, 0.4) is 0 Å². The third-order valence-corrected chi connectivity index (χ3v) is 5.85. The summed E-state index contributed by atoms with van der Waals surface area (Å²) in [5, 5.41) is 0. The number of anilines is 1. The average molecular weight is 386 g/mol. The number of carbonyl (C=O) groups excluding carboxylic acids is 3. The number of hydrogen-bond donors (Lipinski definition) is 2. The van der Waals surface area contributed by atoms with Gasteiger partial charge in [-0.2, -0.15) is 0 Å². The van der Waals surface area contributed by atoms with Gasteiger partial charge in [0, 0.05) is 43.3 Å². The first kappa shape index (κ1) is 20.2. The summed E-state index contributed by atoms with van der Waals surface area (Å²) < 4.78 is 0. The molecule has 0 bridgehead atoms. The lowest BCUT2D eigenvalue weighted by atomic mass is 10.1. The van der Waals surface area contributed by atoms with Gasteiger partial charge < -0.3 is 9.80 Å². The summed E-state index contributed by atoms with van der Waals surface area (Å²) >= 11 is 0. The summed E-state index contributed by atoms with van der Waals surface area (Å²) in [7, 11) is 0. The van der Waals surface area contributed by atoms with Crippen molar-refractivity contribution in [3.63, 3.8) is 0 Å². The minimum absolute atomic E-state index is 0.0466. The largest absolute Gasteiger partial charge is 0.372 e. The van der Waals surface area contributed by atoms with E-state index in [-0.39, 0.29) is 30.2 Å². The molecule has 2 fully saturated rings. The number of hydrazine groups is 1. The van der Waals surface area contributed by atoms with Gasteiger partial charge in [0.2, 0.25) is 11.8 Å². The fourth-order valence-electron chi connectivity index (χ4n) is 4.18. The van der Waals surface area contributed by atoms with Gasteiger partial charge in [-0.15, -0.1) is 0 Å². The lowest BCUT2D eigenvalue weighted by molar-refractivity contribution is -0.130. The van der Waals surface area contributed by atoms with Gasteiger partial charge in [-0.1, -0.05) is 12.8 Å². The van der Waals surface area contributed by atoms with Crippen molar-refractivity contribution in [2.75, 3.05) is 24.5 Å². The molecule has 1 aromatic carbocycles. The van der Waals surface area contributed by atoms with Crippen LogP contribution >= 0.6 is 0 Å². The van der Waals surface area contributed by atoms with Gasteiger partial charge in [-0.3, -0.25) is 25.2 Å². The van der Waals surface area contributed by atoms with E-state index in [1.807, 2.05) is 17.0 Å². The van der Waals surface area contributed by atoms with E-state index >= 15 is 0 Å². The molecule has 1 atom stereocenters. The zero-order valence-corrected chi connectivity index (χ0v) is 16.7. The fourth-order valence-corrected chi connectivity index (χ4v) is 4.18. The zero-order valence-electron chi connectivity index (χ0n) is 16.7. The highest BCUT2D eigenvalue weighted by atomic mass is 16.2. The summed E-state index contributed by atoms with van der Waals surface area (Å²) in [5.41, 5.74) is 6.49. The molecule has 1 heterocycles. The number of rotatable bonds is 6. The predicted molar refractivity (Wildman–Crippen MR) is 108 cm³/mol. The van der Waals surface area contributed by atoms with Crippen LogP contribution in [0, 0.1) is 5.92 Å². The Bertz CT molecular complexity index is 709. The van der Waals surface area contributed by atoms with Gasteiger partial charge >= 0.3 is 0 Å². The topological polar surface area (TPSA) is 81.8 Å². The third kappa shape index (κ3) is 4.46. The molecule has 1 aliphatic carbocycles. The van der Waals surface area contributed by atoms with Crippen LogP contribution < -0.4 is 15.8 Å². The van der Waals surface area contributed by atoms with Gasteiger partial charge in [0.25, 0.3) is 5.91 Å². The Kier molecular flexibility index (Phi) is 6.54. The van der Waals surface area contributed by atoms with Crippen LogP contribution in [0.2, 0.25) is 0 Å². The normalized spacial score (nSPS) is 19.7. The van der Waals surface area contributed by atoms with Gasteiger partial charge in [0.15, 0.2) is 0 Å². The van der Waals surface area contributed by atoms with Gasteiger partial charge in [-0.05, 0) is 51.0 Å². The first-order chi connectivity index (χ1) is 13.5. The predicted octanol–water partition coefficient (Wildman–Crippen LogP) is 2.08. The molecular formula is C21H30N4O3. The van der Waals surface area contributed by atoms with E-state index in [2.05, 4.69) is 29.6 Å². The van der Waals surface area contributed by atoms with Crippen molar-refractivity contribution >= 4 is 23.4 Å². The van der Waals surface area contributed by atoms with E-state index in [9.17, 15) is 14.4 Å². The average Bonchev–Trinajstić information content (AvgIpc) is 3.37. The highest BCUT2D eigenvalue weighted by molar-refractivity contribution is 5.96. The molecule has 0 aromatic heterocycles. The number of benzene rings is 1. The minimum atomic E-state index is -0.404. The second-order valence-electron chi connectivity index (χ2n) is 7.55. The maximum absolute atomic E-state index is 12.4. The van der Waals surface area contributed by atoms with Gasteiger partial charge in [-0.25, -0.2) is 0 Å². The molecule has 7 heteroatoms. The highest BCUT2D eigenvalue weighted by Crippen LogP contribution is 2.29. The highest BCUT2D eigenvalue weighted by Gasteiger charge is 2.38. The van der Waals surface area contributed by atoms with Crippen LogP contribution in [0.1, 0.15) is 56.3 Å². The van der Waals surface area contributed by atoms with Crippen molar-refractivity contribution in [3.05, 3.63) is 29.8 Å². The summed E-state index contributed by atoms with van der Waals surface area (Å²) in [6.07, 6.45) is 4.57. The molecule has 2 aliphatic rings. The Morgan fingerprint density at radius 3 is 2.32 bits per heavy atom. The SMILES string of the molecule is CCN(CC)c1ccc(C(=O)NNC(=O)[C@H]2CC(=O)N(C3CCCC3)C2)cc1. The maximum Gasteiger partial charge on any atom is 0.269 e. The van der Waals surface area contributed by atoms with E-state index in [0.29, 0.717) is 12.1 Å². The van der Waals surface area contributed by atoms with E-state index in [1.165, 1.54) is 0 Å². The zero-order chi connectivity index (χ0) is 20.1. The molecule has 3 rings (SSSR count). The van der Waals surface area contributed by atoms with Crippen LogP contribution in [0.15, 0.2) is 24.3 Å². The Hall–Kier alpha value is -2.57. The first-order valence-electron chi connectivity index (χ1n) is 10.3. The molecule has 152 valence electrons. The Labute approximate surface area is 166 Å². The third-order valence-electron chi connectivity index (χ3n) is 5.85. The number of nitrogens with one attached hydrogen (secondary N) is 2. The quantitative estimate of drug-likeness (QED) is 0.734. The standard InChI is InChI=1S/C21H30N4O3/c1-3-24(4-2)17-11-9-15(10-12-17)20(27)22-23-21(28)16-13-19(26)25(14-16)18-7-5-6-8-18/h9-12,16,18H,3-8,13-14H2,1-2H3,(H,22,27)(H,23,28)/t16-/m0/s1.